The molecule has 0 amide bonds. The number of halogens is 2. The SMILES string of the molecule is O=C(CS(=O)(=O)c1ccccc1F)c1sccc1Br. The van der Waals surface area contributed by atoms with Crippen LogP contribution in [-0.4, -0.2) is 20.0 Å². The molecule has 0 aliphatic carbocycles. The van der Waals surface area contributed by atoms with Crippen LogP contribution in [0.3, 0.4) is 0 Å². The third-order valence-electron chi connectivity index (χ3n) is 2.36. The second kappa shape index (κ2) is 5.52. The van der Waals surface area contributed by atoms with Gasteiger partial charge < -0.3 is 0 Å². The summed E-state index contributed by atoms with van der Waals surface area (Å²) in [5.74, 6) is -2.14. The number of hydrogen-bond acceptors (Lipinski definition) is 4. The third kappa shape index (κ3) is 3.10. The van der Waals surface area contributed by atoms with E-state index in [0.717, 1.165) is 23.5 Å². The topological polar surface area (TPSA) is 51.2 Å². The predicted octanol–water partition coefficient (Wildman–Crippen LogP) is 3.31. The highest BCUT2D eigenvalue weighted by atomic mass is 79.9. The zero-order valence-corrected chi connectivity index (χ0v) is 12.7. The summed E-state index contributed by atoms with van der Waals surface area (Å²) in [5.41, 5.74) is 0. The number of sulfone groups is 1. The molecule has 19 heavy (non-hydrogen) atoms. The number of rotatable bonds is 4. The van der Waals surface area contributed by atoms with Gasteiger partial charge in [-0.2, -0.15) is 0 Å². The molecule has 100 valence electrons. The first-order chi connectivity index (χ1) is 8.92. The van der Waals surface area contributed by atoms with Crippen LogP contribution in [0.5, 0.6) is 0 Å². The maximum Gasteiger partial charge on any atom is 0.189 e. The van der Waals surface area contributed by atoms with E-state index in [-0.39, 0.29) is 0 Å². The number of thiophene rings is 1. The third-order valence-corrected chi connectivity index (χ3v) is 5.89. The molecule has 1 aromatic carbocycles. The van der Waals surface area contributed by atoms with Crippen LogP contribution in [-0.2, 0) is 9.84 Å². The van der Waals surface area contributed by atoms with E-state index in [1.54, 1.807) is 11.4 Å². The summed E-state index contributed by atoms with van der Waals surface area (Å²) < 4.78 is 38.0. The average molecular weight is 363 g/mol. The fraction of sp³-hybridized carbons (Fsp3) is 0.0833. The molecule has 0 unspecified atom stereocenters. The molecule has 2 aromatic rings. The van der Waals surface area contributed by atoms with Crippen molar-refractivity contribution in [3.05, 3.63) is 50.9 Å². The molecule has 1 aromatic heterocycles. The number of carbonyl (C=O) groups excluding carboxylic acids is 1. The number of hydrogen-bond donors (Lipinski definition) is 0. The summed E-state index contributed by atoms with van der Waals surface area (Å²) in [6.45, 7) is 0. The van der Waals surface area contributed by atoms with Gasteiger partial charge in [-0.05, 0) is 39.5 Å². The van der Waals surface area contributed by atoms with Gasteiger partial charge in [0.2, 0.25) is 0 Å². The van der Waals surface area contributed by atoms with Gasteiger partial charge in [-0.25, -0.2) is 12.8 Å². The van der Waals surface area contributed by atoms with Gasteiger partial charge in [0.25, 0.3) is 0 Å². The summed E-state index contributed by atoms with van der Waals surface area (Å²) in [6.07, 6.45) is 0. The highest BCUT2D eigenvalue weighted by molar-refractivity contribution is 9.10. The Bertz CT molecular complexity index is 722. The Kier molecular flexibility index (Phi) is 4.17. The highest BCUT2D eigenvalue weighted by Gasteiger charge is 2.24. The molecule has 0 aliphatic rings. The molecule has 0 saturated heterocycles. The van der Waals surface area contributed by atoms with Crippen molar-refractivity contribution in [1.82, 2.24) is 0 Å². The Hall–Kier alpha value is -1.05. The van der Waals surface area contributed by atoms with Gasteiger partial charge in [-0.3, -0.25) is 4.79 Å². The minimum absolute atomic E-state index is 0.319. The average Bonchev–Trinajstić information content (AvgIpc) is 2.75. The maximum absolute atomic E-state index is 13.5. The summed E-state index contributed by atoms with van der Waals surface area (Å²) in [4.78, 5) is 11.8. The van der Waals surface area contributed by atoms with Crippen LogP contribution < -0.4 is 0 Å². The van der Waals surface area contributed by atoms with E-state index >= 15 is 0 Å². The van der Waals surface area contributed by atoms with Gasteiger partial charge >= 0.3 is 0 Å². The van der Waals surface area contributed by atoms with E-state index in [2.05, 4.69) is 15.9 Å². The Morgan fingerprint density at radius 1 is 1.26 bits per heavy atom. The zero-order chi connectivity index (χ0) is 14.0. The smallest absolute Gasteiger partial charge is 0.189 e. The normalized spacial score (nSPS) is 11.5. The first kappa shape index (κ1) is 14.4. The Morgan fingerprint density at radius 3 is 2.53 bits per heavy atom. The Morgan fingerprint density at radius 2 is 1.95 bits per heavy atom. The van der Waals surface area contributed by atoms with E-state index in [9.17, 15) is 17.6 Å². The molecule has 0 aliphatic heterocycles. The minimum atomic E-state index is -3.97. The molecule has 0 N–H and O–H groups in total. The van der Waals surface area contributed by atoms with E-state index < -0.39 is 32.1 Å². The molecule has 0 atom stereocenters. The molecule has 0 radical (unpaired) electrons. The van der Waals surface area contributed by atoms with Gasteiger partial charge in [0.05, 0.1) is 4.88 Å². The summed E-state index contributed by atoms with van der Waals surface area (Å²) >= 11 is 4.31. The number of benzene rings is 1. The maximum atomic E-state index is 13.5. The second-order valence-corrected chi connectivity index (χ2v) is 7.44. The molecule has 1 heterocycles. The molecular weight excluding hydrogens is 355 g/mol. The van der Waals surface area contributed by atoms with Crippen LogP contribution >= 0.6 is 27.3 Å². The molecule has 0 bridgehead atoms. The lowest BCUT2D eigenvalue weighted by molar-refractivity contribution is 0.102. The van der Waals surface area contributed by atoms with Gasteiger partial charge in [0, 0.05) is 4.47 Å². The van der Waals surface area contributed by atoms with Crippen molar-refractivity contribution in [2.24, 2.45) is 0 Å². The molecule has 7 heteroatoms. The lowest BCUT2D eigenvalue weighted by Gasteiger charge is -2.04. The molecule has 0 fully saturated rings. The highest BCUT2D eigenvalue weighted by Crippen LogP contribution is 2.25. The van der Waals surface area contributed by atoms with Gasteiger partial charge in [-0.1, -0.05) is 12.1 Å². The van der Waals surface area contributed by atoms with Gasteiger partial charge in [-0.15, -0.1) is 11.3 Å². The number of carbonyl (C=O) groups is 1. The van der Waals surface area contributed by atoms with Gasteiger partial charge in [0.1, 0.15) is 16.5 Å². The Labute approximate surface area is 122 Å². The molecule has 2 rings (SSSR count). The summed E-state index contributed by atoms with van der Waals surface area (Å²) in [7, 11) is -3.97. The first-order valence-electron chi connectivity index (χ1n) is 5.15. The fourth-order valence-electron chi connectivity index (χ4n) is 1.51. The van der Waals surface area contributed by atoms with Crippen LogP contribution in [0.1, 0.15) is 9.67 Å². The lowest BCUT2D eigenvalue weighted by Crippen LogP contribution is -2.17. The largest absolute Gasteiger partial charge is 0.292 e. The molecule has 3 nitrogen and oxygen atoms in total. The van der Waals surface area contributed by atoms with E-state index in [0.29, 0.717) is 9.35 Å². The van der Waals surface area contributed by atoms with Crippen molar-refractivity contribution in [2.75, 3.05) is 5.75 Å². The van der Waals surface area contributed by atoms with Crippen molar-refractivity contribution < 1.29 is 17.6 Å². The van der Waals surface area contributed by atoms with Crippen LogP contribution in [0.2, 0.25) is 0 Å². The minimum Gasteiger partial charge on any atom is -0.292 e. The lowest BCUT2D eigenvalue weighted by atomic mass is 10.3. The monoisotopic (exact) mass is 362 g/mol. The van der Waals surface area contributed by atoms with Crippen molar-refractivity contribution in [3.63, 3.8) is 0 Å². The first-order valence-corrected chi connectivity index (χ1v) is 8.48. The predicted molar refractivity (Wildman–Crippen MR) is 74.8 cm³/mol. The Balaban J connectivity index is 2.31. The van der Waals surface area contributed by atoms with Gasteiger partial charge in [0.15, 0.2) is 15.6 Å². The van der Waals surface area contributed by atoms with Crippen molar-refractivity contribution >= 4 is 42.9 Å². The van der Waals surface area contributed by atoms with E-state index in [4.69, 9.17) is 0 Å². The van der Waals surface area contributed by atoms with Crippen molar-refractivity contribution in [1.29, 1.82) is 0 Å². The number of Topliss-reactive ketones (excluding diaryl/α,β-unsaturated/α-hetero) is 1. The molecular formula is C12H8BrFO3S2. The fourth-order valence-corrected chi connectivity index (χ4v) is 4.43. The quantitative estimate of drug-likeness (QED) is 0.784. The van der Waals surface area contributed by atoms with E-state index in [1.165, 1.54) is 12.1 Å². The zero-order valence-electron chi connectivity index (χ0n) is 9.47. The van der Waals surface area contributed by atoms with Crippen LogP contribution in [0.25, 0.3) is 0 Å². The van der Waals surface area contributed by atoms with E-state index in [1.807, 2.05) is 0 Å². The molecule has 0 spiro atoms. The van der Waals surface area contributed by atoms with Crippen LogP contribution in [0.15, 0.2) is 45.1 Å². The standard InChI is InChI=1S/C12H8BrFO3S2/c13-8-5-6-18-12(8)10(15)7-19(16,17)11-4-2-1-3-9(11)14/h1-6H,7H2. The van der Waals surface area contributed by atoms with Crippen LogP contribution in [0.4, 0.5) is 4.39 Å². The number of ketones is 1. The van der Waals surface area contributed by atoms with Crippen LogP contribution in [0, 0.1) is 5.82 Å². The molecule has 0 saturated carbocycles. The summed E-state index contributed by atoms with van der Waals surface area (Å²) in [6, 6.07) is 6.68. The van der Waals surface area contributed by atoms with Crippen molar-refractivity contribution in [2.45, 2.75) is 4.90 Å². The summed E-state index contributed by atoms with van der Waals surface area (Å²) in [5, 5.41) is 1.67. The van der Waals surface area contributed by atoms with Crippen molar-refractivity contribution in [3.8, 4) is 0 Å². The second-order valence-electron chi connectivity index (χ2n) is 3.71.